The van der Waals surface area contributed by atoms with Crippen molar-refractivity contribution in [3.8, 4) is 5.69 Å². The molecule has 2 aromatic rings. The van der Waals surface area contributed by atoms with E-state index in [-0.39, 0.29) is 6.42 Å². The number of carboxylic acids is 1. The molecule has 0 amide bonds. The molecule has 0 aliphatic carbocycles. The lowest BCUT2D eigenvalue weighted by Gasteiger charge is -2.08. The number of hydrogen-bond acceptors (Lipinski definition) is 3. The zero-order valence-electron chi connectivity index (χ0n) is 9.50. The molecule has 1 N–H and O–H groups in total. The molecule has 0 aliphatic heterocycles. The van der Waals surface area contributed by atoms with Crippen LogP contribution in [0.2, 0.25) is 0 Å². The van der Waals surface area contributed by atoms with Crippen LogP contribution in [0.15, 0.2) is 30.9 Å². The van der Waals surface area contributed by atoms with Gasteiger partial charge in [-0.15, -0.1) is 10.2 Å². The molecule has 0 aliphatic rings. The Balaban J connectivity index is 2.27. The molecule has 1 aromatic heterocycles. The Bertz CT molecular complexity index is 521. The van der Waals surface area contributed by atoms with Crippen molar-refractivity contribution >= 4 is 5.97 Å². The molecule has 5 heteroatoms. The second kappa shape index (κ2) is 4.78. The molecule has 0 atom stereocenters. The molecule has 0 fully saturated rings. The van der Waals surface area contributed by atoms with Crippen molar-refractivity contribution in [1.82, 2.24) is 14.8 Å². The molecule has 1 heterocycles. The van der Waals surface area contributed by atoms with Gasteiger partial charge in [0.25, 0.3) is 0 Å². The first-order chi connectivity index (χ1) is 8.16. The highest BCUT2D eigenvalue weighted by molar-refractivity contribution is 5.67. The first kappa shape index (κ1) is 11.3. The number of aliphatic carboxylic acids is 1. The van der Waals surface area contributed by atoms with Crippen molar-refractivity contribution in [2.24, 2.45) is 0 Å². The van der Waals surface area contributed by atoms with E-state index in [0.29, 0.717) is 6.42 Å². The number of hydrogen-bond donors (Lipinski definition) is 1. The minimum atomic E-state index is -0.781. The second-order valence-electron chi connectivity index (χ2n) is 3.88. The van der Waals surface area contributed by atoms with Gasteiger partial charge < -0.3 is 5.11 Å². The second-order valence-corrected chi connectivity index (χ2v) is 3.88. The number of nitrogens with zero attached hydrogens (tertiary/aromatic N) is 3. The summed E-state index contributed by atoms with van der Waals surface area (Å²) in [6.45, 7) is 2.00. The van der Waals surface area contributed by atoms with E-state index >= 15 is 0 Å². The van der Waals surface area contributed by atoms with Crippen LogP contribution in [0, 0.1) is 6.92 Å². The number of rotatable bonds is 4. The van der Waals surface area contributed by atoms with Gasteiger partial charge in [0.15, 0.2) is 0 Å². The summed E-state index contributed by atoms with van der Waals surface area (Å²) < 4.78 is 1.82. The van der Waals surface area contributed by atoms with E-state index in [1.54, 1.807) is 12.7 Å². The number of carbonyl (C=O) groups is 1. The van der Waals surface area contributed by atoms with Gasteiger partial charge in [0.1, 0.15) is 12.7 Å². The fourth-order valence-electron chi connectivity index (χ4n) is 1.67. The van der Waals surface area contributed by atoms with E-state index in [4.69, 9.17) is 5.11 Å². The Morgan fingerprint density at radius 2 is 2.06 bits per heavy atom. The van der Waals surface area contributed by atoms with Crippen LogP contribution in [0.25, 0.3) is 5.69 Å². The van der Waals surface area contributed by atoms with E-state index in [1.807, 2.05) is 29.7 Å². The highest BCUT2D eigenvalue weighted by Crippen LogP contribution is 2.16. The zero-order valence-corrected chi connectivity index (χ0v) is 9.50. The van der Waals surface area contributed by atoms with Crippen LogP contribution >= 0.6 is 0 Å². The molecule has 17 heavy (non-hydrogen) atoms. The maximum absolute atomic E-state index is 10.5. The molecule has 88 valence electrons. The van der Waals surface area contributed by atoms with Gasteiger partial charge in [-0.1, -0.05) is 12.1 Å². The van der Waals surface area contributed by atoms with Crippen LogP contribution in [0.4, 0.5) is 0 Å². The predicted molar refractivity (Wildman–Crippen MR) is 62.1 cm³/mol. The lowest BCUT2D eigenvalue weighted by molar-refractivity contribution is -0.136. The molecular weight excluding hydrogens is 218 g/mol. The van der Waals surface area contributed by atoms with Gasteiger partial charge in [0.05, 0.1) is 5.69 Å². The summed E-state index contributed by atoms with van der Waals surface area (Å²) in [5, 5.41) is 16.2. The molecule has 2 rings (SSSR count). The van der Waals surface area contributed by atoms with Gasteiger partial charge in [-0.2, -0.15) is 0 Å². The number of benzene rings is 1. The third-order valence-electron chi connectivity index (χ3n) is 2.60. The summed E-state index contributed by atoms with van der Waals surface area (Å²) in [6, 6.07) is 5.90. The van der Waals surface area contributed by atoms with E-state index in [2.05, 4.69) is 10.2 Å². The van der Waals surface area contributed by atoms with Crippen molar-refractivity contribution < 1.29 is 9.90 Å². The van der Waals surface area contributed by atoms with Crippen LogP contribution < -0.4 is 0 Å². The van der Waals surface area contributed by atoms with Crippen LogP contribution in [-0.2, 0) is 11.2 Å². The first-order valence-corrected chi connectivity index (χ1v) is 5.33. The highest BCUT2D eigenvalue weighted by Gasteiger charge is 2.04. The standard InChI is InChI=1S/C12H13N3O2/c1-9-2-3-10(4-5-12(16)17)6-11(9)15-7-13-14-8-15/h2-3,6-8H,4-5H2,1H3,(H,16,17). The van der Waals surface area contributed by atoms with E-state index in [9.17, 15) is 4.79 Å². The maximum atomic E-state index is 10.5. The van der Waals surface area contributed by atoms with E-state index in [1.165, 1.54) is 0 Å². The van der Waals surface area contributed by atoms with Crippen molar-refractivity contribution in [2.45, 2.75) is 19.8 Å². The molecule has 0 unspecified atom stereocenters. The fraction of sp³-hybridized carbons (Fsp3) is 0.250. The Morgan fingerprint density at radius 3 is 2.71 bits per heavy atom. The minimum Gasteiger partial charge on any atom is -0.481 e. The molecule has 5 nitrogen and oxygen atoms in total. The van der Waals surface area contributed by atoms with Gasteiger partial charge in [-0.3, -0.25) is 9.36 Å². The summed E-state index contributed by atoms with van der Waals surface area (Å²) in [5.41, 5.74) is 3.09. The Hall–Kier alpha value is -2.17. The third kappa shape index (κ3) is 2.69. The molecule has 0 saturated carbocycles. The normalized spacial score (nSPS) is 10.4. The lowest BCUT2D eigenvalue weighted by atomic mass is 10.1. The lowest BCUT2D eigenvalue weighted by Crippen LogP contribution is -2.00. The van der Waals surface area contributed by atoms with E-state index < -0.39 is 5.97 Å². The van der Waals surface area contributed by atoms with Gasteiger partial charge in [0, 0.05) is 6.42 Å². The summed E-state index contributed by atoms with van der Waals surface area (Å²) in [6.07, 6.45) is 3.93. The Kier molecular flexibility index (Phi) is 3.18. The Labute approximate surface area is 98.7 Å². The van der Waals surface area contributed by atoms with Gasteiger partial charge in [-0.05, 0) is 30.5 Å². The number of aryl methyl sites for hydroxylation is 2. The van der Waals surface area contributed by atoms with Crippen molar-refractivity contribution in [1.29, 1.82) is 0 Å². The zero-order chi connectivity index (χ0) is 12.3. The van der Waals surface area contributed by atoms with Crippen LogP contribution in [0.3, 0.4) is 0 Å². The molecule has 0 radical (unpaired) electrons. The SMILES string of the molecule is Cc1ccc(CCC(=O)O)cc1-n1cnnc1. The van der Waals surface area contributed by atoms with E-state index in [0.717, 1.165) is 16.8 Å². The fourth-order valence-corrected chi connectivity index (χ4v) is 1.67. The quantitative estimate of drug-likeness (QED) is 0.867. The van der Waals surface area contributed by atoms with Gasteiger partial charge in [0.2, 0.25) is 0 Å². The summed E-state index contributed by atoms with van der Waals surface area (Å²) in [4.78, 5) is 10.5. The molecule has 1 aromatic carbocycles. The predicted octanol–water partition coefficient (Wildman–Crippen LogP) is 1.59. The summed E-state index contributed by atoms with van der Waals surface area (Å²) in [7, 11) is 0. The number of carboxylic acid groups (broad SMARTS) is 1. The highest BCUT2D eigenvalue weighted by atomic mass is 16.4. The molecule has 0 spiro atoms. The summed E-state index contributed by atoms with van der Waals surface area (Å²) in [5.74, 6) is -0.781. The minimum absolute atomic E-state index is 0.144. The molecular formula is C12H13N3O2. The maximum Gasteiger partial charge on any atom is 0.303 e. The third-order valence-corrected chi connectivity index (χ3v) is 2.60. The summed E-state index contributed by atoms with van der Waals surface area (Å²) >= 11 is 0. The monoisotopic (exact) mass is 231 g/mol. The van der Waals surface area contributed by atoms with Crippen molar-refractivity contribution in [2.75, 3.05) is 0 Å². The van der Waals surface area contributed by atoms with Crippen LogP contribution in [0.1, 0.15) is 17.5 Å². The van der Waals surface area contributed by atoms with Crippen LogP contribution in [0.5, 0.6) is 0 Å². The average molecular weight is 231 g/mol. The molecule has 0 bridgehead atoms. The smallest absolute Gasteiger partial charge is 0.303 e. The molecule has 0 saturated heterocycles. The van der Waals surface area contributed by atoms with Gasteiger partial charge >= 0.3 is 5.97 Å². The van der Waals surface area contributed by atoms with Crippen LogP contribution in [-0.4, -0.2) is 25.8 Å². The Morgan fingerprint density at radius 1 is 1.35 bits per heavy atom. The average Bonchev–Trinajstić information content (AvgIpc) is 2.81. The van der Waals surface area contributed by atoms with Crippen molar-refractivity contribution in [3.63, 3.8) is 0 Å². The largest absolute Gasteiger partial charge is 0.481 e. The number of aromatic nitrogens is 3. The topological polar surface area (TPSA) is 68.0 Å². The van der Waals surface area contributed by atoms with Gasteiger partial charge in [-0.25, -0.2) is 0 Å². The van der Waals surface area contributed by atoms with Crippen molar-refractivity contribution in [3.05, 3.63) is 42.0 Å². The first-order valence-electron chi connectivity index (χ1n) is 5.33.